The maximum Gasteiger partial charge on any atom is 0.137 e. The zero-order chi connectivity index (χ0) is 22.9. The van der Waals surface area contributed by atoms with Crippen LogP contribution in [0.25, 0.3) is 17.2 Å². The Bertz CT molecular complexity index is 981. The Kier molecular flexibility index (Phi) is 8.58. The molecule has 0 saturated heterocycles. The molecule has 170 valence electrons. The third kappa shape index (κ3) is 6.27. The fourth-order valence-electron chi connectivity index (χ4n) is 3.40. The van der Waals surface area contributed by atoms with Crippen LogP contribution in [0.2, 0.25) is 0 Å². The van der Waals surface area contributed by atoms with Crippen LogP contribution in [0.1, 0.15) is 36.9 Å². The number of imidazole rings is 1. The zero-order valence-electron chi connectivity index (χ0n) is 18.2. The molecule has 1 aromatic heterocycles. The first-order chi connectivity index (χ1) is 15.5. The number of nitrogens with zero attached hydrogens (tertiary/aromatic N) is 2. The highest BCUT2D eigenvalue weighted by Gasteiger charge is 2.15. The molecule has 3 atom stereocenters. The zero-order valence-corrected chi connectivity index (χ0v) is 18.2. The molecule has 0 spiro atoms. The molecule has 0 amide bonds. The van der Waals surface area contributed by atoms with Crippen molar-refractivity contribution >= 4 is 6.08 Å². The standard InChI is InChI=1S/C25H31N3O4/c1-18(31)25-27-13-14-28(25)23(12-15-29)9-4-19-2-5-20(6-3-19)21-7-10-24(11-8-21)32-17-22(26)16-30/h2-11,13-14,18,22-23,29-31H,12,15-17,26H2,1H3/t18-,22?,23?/m0/s1. The first-order valence-electron chi connectivity index (χ1n) is 10.7. The number of aromatic nitrogens is 2. The van der Waals surface area contributed by atoms with Crippen LogP contribution in [-0.4, -0.2) is 50.7 Å². The van der Waals surface area contributed by atoms with Crippen molar-refractivity contribution in [3.05, 3.63) is 78.4 Å². The lowest BCUT2D eigenvalue weighted by molar-refractivity contribution is 0.179. The predicted molar refractivity (Wildman–Crippen MR) is 125 cm³/mol. The lowest BCUT2D eigenvalue weighted by atomic mass is 10.0. The maximum absolute atomic E-state index is 9.92. The summed E-state index contributed by atoms with van der Waals surface area (Å²) < 4.78 is 7.45. The van der Waals surface area contributed by atoms with Gasteiger partial charge in [0.1, 0.15) is 24.3 Å². The van der Waals surface area contributed by atoms with E-state index in [2.05, 4.69) is 17.1 Å². The van der Waals surface area contributed by atoms with Gasteiger partial charge in [0, 0.05) is 19.0 Å². The molecule has 32 heavy (non-hydrogen) atoms. The van der Waals surface area contributed by atoms with Gasteiger partial charge in [0.15, 0.2) is 0 Å². The SMILES string of the molecule is C[C@H](O)c1nccn1C(C=Cc1ccc(-c2ccc(OCC(N)CO)cc2)cc1)CCO. The summed E-state index contributed by atoms with van der Waals surface area (Å²) in [5, 5.41) is 28.4. The number of hydrogen-bond donors (Lipinski definition) is 4. The lowest BCUT2D eigenvalue weighted by Gasteiger charge is -2.18. The van der Waals surface area contributed by atoms with Gasteiger partial charge < -0.3 is 30.4 Å². The van der Waals surface area contributed by atoms with Gasteiger partial charge in [0.25, 0.3) is 0 Å². The molecule has 2 aromatic carbocycles. The Morgan fingerprint density at radius 3 is 2.31 bits per heavy atom. The monoisotopic (exact) mass is 437 g/mol. The van der Waals surface area contributed by atoms with Crippen LogP contribution in [0.15, 0.2) is 67.0 Å². The Morgan fingerprint density at radius 2 is 1.72 bits per heavy atom. The van der Waals surface area contributed by atoms with Crippen molar-refractivity contribution < 1.29 is 20.1 Å². The van der Waals surface area contributed by atoms with Gasteiger partial charge >= 0.3 is 0 Å². The van der Waals surface area contributed by atoms with Gasteiger partial charge in [-0.25, -0.2) is 4.98 Å². The van der Waals surface area contributed by atoms with E-state index >= 15 is 0 Å². The van der Waals surface area contributed by atoms with Crippen LogP contribution in [0.4, 0.5) is 0 Å². The summed E-state index contributed by atoms with van der Waals surface area (Å²) >= 11 is 0. The van der Waals surface area contributed by atoms with Gasteiger partial charge in [-0.15, -0.1) is 0 Å². The fourth-order valence-corrected chi connectivity index (χ4v) is 3.40. The molecular formula is C25H31N3O4. The van der Waals surface area contributed by atoms with Gasteiger partial charge in [0.05, 0.1) is 18.7 Å². The number of aliphatic hydroxyl groups is 3. The molecule has 3 aromatic rings. The lowest BCUT2D eigenvalue weighted by Crippen LogP contribution is -2.31. The molecular weight excluding hydrogens is 406 g/mol. The third-order valence-corrected chi connectivity index (χ3v) is 5.16. The average molecular weight is 438 g/mol. The molecule has 0 aliphatic heterocycles. The molecule has 0 bridgehead atoms. The van der Waals surface area contributed by atoms with Crippen molar-refractivity contribution in [2.75, 3.05) is 19.8 Å². The summed E-state index contributed by atoms with van der Waals surface area (Å²) in [4.78, 5) is 4.22. The van der Waals surface area contributed by atoms with E-state index in [4.69, 9.17) is 15.6 Å². The topological polar surface area (TPSA) is 114 Å². The molecule has 0 radical (unpaired) electrons. The quantitative estimate of drug-likeness (QED) is 0.367. The smallest absolute Gasteiger partial charge is 0.137 e. The second kappa shape index (κ2) is 11.6. The largest absolute Gasteiger partial charge is 0.492 e. The Labute approximate surface area is 188 Å². The number of allylic oxidation sites excluding steroid dienone is 1. The van der Waals surface area contributed by atoms with E-state index in [0.717, 1.165) is 16.7 Å². The van der Waals surface area contributed by atoms with Crippen molar-refractivity contribution in [3.8, 4) is 16.9 Å². The first kappa shape index (κ1) is 23.7. The van der Waals surface area contributed by atoms with E-state index in [1.54, 1.807) is 13.1 Å². The van der Waals surface area contributed by atoms with Crippen molar-refractivity contribution in [3.63, 3.8) is 0 Å². The van der Waals surface area contributed by atoms with Crippen LogP contribution in [0.5, 0.6) is 5.75 Å². The number of ether oxygens (including phenoxy) is 1. The maximum atomic E-state index is 9.92. The second-order valence-electron chi connectivity index (χ2n) is 7.71. The van der Waals surface area contributed by atoms with Crippen LogP contribution in [-0.2, 0) is 0 Å². The summed E-state index contributed by atoms with van der Waals surface area (Å²) in [6.45, 7) is 1.88. The molecule has 0 aliphatic rings. The molecule has 5 N–H and O–H groups in total. The van der Waals surface area contributed by atoms with E-state index in [0.29, 0.717) is 18.0 Å². The van der Waals surface area contributed by atoms with E-state index in [9.17, 15) is 10.2 Å². The molecule has 7 heteroatoms. The average Bonchev–Trinajstić information content (AvgIpc) is 3.31. The van der Waals surface area contributed by atoms with E-state index in [1.807, 2.05) is 59.3 Å². The van der Waals surface area contributed by atoms with Crippen molar-refractivity contribution in [1.29, 1.82) is 0 Å². The number of hydrogen-bond acceptors (Lipinski definition) is 6. The predicted octanol–water partition coefficient (Wildman–Crippen LogP) is 2.94. The highest BCUT2D eigenvalue weighted by molar-refractivity contribution is 5.66. The highest BCUT2D eigenvalue weighted by Crippen LogP contribution is 2.24. The number of nitrogens with two attached hydrogens (primary N) is 1. The van der Waals surface area contributed by atoms with E-state index in [-0.39, 0.29) is 31.9 Å². The van der Waals surface area contributed by atoms with Gasteiger partial charge in [-0.1, -0.05) is 48.6 Å². The van der Waals surface area contributed by atoms with Gasteiger partial charge in [-0.05, 0) is 42.2 Å². The van der Waals surface area contributed by atoms with E-state index in [1.165, 1.54) is 0 Å². The Morgan fingerprint density at radius 1 is 1.06 bits per heavy atom. The summed E-state index contributed by atoms with van der Waals surface area (Å²) in [5.74, 6) is 1.29. The minimum atomic E-state index is -0.679. The summed E-state index contributed by atoms with van der Waals surface area (Å²) in [7, 11) is 0. The van der Waals surface area contributed by atoms with Gasteiger partial charge in [-0.3, -0.25) is 0 Å². The molecule has 0 aliphatic carbocycles. The van der Waals surface area contributed by atoms with E-state index < -0.39 is 6.10 Å². The molecule has 7 nitrogen and oxygen atoms in total. The molecule has 1 heterocycles. The minimum absolute atomic E-state index is 0.0387. The van der Waals surface area contributed by atoms with Crippen LogP contribution < -0.4 is 10.5 Å². The molecule has 0 saturated carbocycles. The van der Waals surface area contributed by atoms with Crippen LogP contribution in [0.3, 0.4) is 0 Å². The van der Waals surface area contributed by atoms with Crippen molar-refractivity contribution in [1.82, 2.24) is 9.55 Å². The number of rotatable bonds is 11. The van der Waals surface area contributed by atoms with Crippen molar-refractivity contribution in [2.45, 2.75) is 31.5 Å². The number of benzene rings is 2. The summed E-state index contributed by atoms with van der Waals surface area (Å²) in [6, 6.07) is 15.4. The third-order valence-electron chi connectivity index (χ3n) is 5.16. The normalized spacial score (nSPS) is 14.4. The van der Waals surface area contributed by atoms with Gasteiger partial charge in [0.2, 0.25) is 0 Å². The summed E-state index contributed by atoms with van der Waals surface area (Å²) in [5.41, 5.74) is 8.84. The Hall–Kier alpha value is -2.97. The number of aliphatic hydroxyl groups excluding tert-OH is 3. The van der Waals surface area contributed by atoms with Crippen LogP contribution in [0, 0.1) is 0 Å². The molecule has 0 fully saturated rings. The first-order valence-corrected chi connectivity index (χ1v) is 10.7. The summed E-state index contributed by atoms with van der Waals surface area (Å²) in [6.07, 6.45) is 7.36. The van der Waals surface area contributed by atoms with Crippen LogP contribution >= 0.6 is 0 Å². The fraction of sp³-hybridized carbons (Fsp3) is 0.320. The van der Waals surface area contributed by atoms with Gasteiger partial charge in [-0.2, -0.15) is 0 Å². The molecule has 3 rings (SSSR count). The molecule has 2 unspecified atom stereocenters. The minimum Gasteiger partial charge on any atom is -0.492 e. The highest BCUT2D eigenvalue weighted by atomic mass is 16.5. The van der Waals surface area contributed by atoms with Crippen molar-refractivity contribution in [2.24, 2.45) is 5.73 Å². The second-order valence-corrected chi connectivity index (χ2v) is 7.71. The Balaban J connectivity index is 1.68.